The highest BCUT2D eigenvalue weighted by molar-refractivity contribution is 7.48. The highest BCUT2D eigenvalue weighted by Crippen LogP contribution is 2.58. The zero-order valence-corrected chi connectivity index (χ0v) is 24.8. The van der Waals surface area contributed by atoms with Crippen LogP contribution in [0.25, 0.3) is 0 Å². The van der Waals surface area contributed by atoms with Gasteiger partial charge in [-0.25, -0.2) is 0 Å². The smallest absolute Gasteiger partial charge is 0.298 e. The van der Waals surface area contributed by atoms with E-state index in [0.717, 1.165) is 39.7 Å². The van der Waals surface area contributed by atoms with Crippen LogP contribution in [-0.2, 0) is 6.42 Å². The molecule has 2 atom stereocenters. The fourth-order valence-electron chi connectivity index (χ4n) is 5.34. The Balaban J connectivity index is 1.61. The molecule has 4 aromatic carbocycles. The number of hydrogen-bond acceptors (Lipinski definition) is 6. The molecule has 41 heavy (non-hydrogen) atoms. The second-order valence-corrected chi connectivity index (χ2v) is 11.6. The van der Waals surface area contributed by atoms with E-state index in [4.69, 9.17) is 18.5 Å². The molecule has 1 aliphatic rings. The lowest BCUT2D eigenvalue weighted by molar-refractivity contribution is 0.103. The minimum Gasteiger partial charge on any atom is -0.496 e. The number of aryl methyl sites for hydroxylation is 2. The molecular formula is C34H33O6P. The van der Waals surface area contributed by atoms with Crippen LogP contribution in [0.2, 0.25) is 0 Å². The maximum atomic E-state index is 13.9. The number of fused-ring (bicyclic) bond motifs is 2. The summed E-state index contributed by atoms with van der Waals surface area (Å²) in [5.41, 5.74) is 6.35. The van der Waals surface area contributed by atoms with Crippen molar-refractivity contribution >= 4 is 20.4 Å². The molecule has 6 nitrogen and oxygen atoms in total. The number of methoxy groups -OCH3 is 2. The van der Waals surface area contributed by atoms with Gasteiger partial charge in [0.25, 0.3) is 8.38 Å². The summed E-state index contributed by atoms with van der Waals surface area (Å²) >= 11 is 0. The summed E-state index contributed by atoms with van der Waals surface area (Å²) in [4.78, 5) is 25.4. The average molecular weight is 569 g/mol. The van der Waals surface area contributed by atoms with Gasteiger partial charge in [-0.15, -0.1) is 0 Å². The van der Waals surface area contributed by atoms with Gasteiger partial charge in [0.05, 0.1) is 25.4 Å². The highest BCUT2D eigenvalue weighted by Gasteiger charge is 2.34. The van der Waals surface area contributed by atoms with Crippen LogP contribution in [0.3, 0.4) is 0 Å². The van der Waals surface area contributed by atoms with E-state index in [1.54, 1.807) is 26.4 Å². The van der Waals surface area contributed by atoms with E-state index in [1.807, 2.05) is 74.5 Å². The second-order valence-electron chi connectivity index (χ2n) is 10.1. The number of carbonyl (C=O) groups is 2. The van der Waals surface area contributed by atoms with Crippen molar-refractivity contribution in [3.05, 3.63) is 117 Å². The number of rotatable bonds is 10. The Morgan fingerprint density at radius 2 is 1.51 bits per heavy atom. The first-order valence-electron chi connectivity index (χ1n) is 13.6. The fourth-order valence-corrected chi connectivity index (χ4v) is 7.06. The van der Waals surface area contributed by atoms with Crippen molar-refractivity contribution in [3.63, 3.8) is 0 Å². The lowest BCUT2D eigenvalue weighted by atomic mass is 9.82. The van der Waals surface area contributed by atoms with Crippen LogP contribution in [0.1, 0.15) is 73.1 Å². The third-order valence-corrected chi connectivity index (χ3v) is 9.30. The first-order valence-corrected chi connectivity index (χ1v) is 14.8. The van der Waals surface area contributed by atoms with Crippen LogP contribution in [0.4, 0.5) is 0 Å². The van der Waals surface area contributed by atoms with E-state index in [-0.39, 0.29) is 11.4 Å². The lowest BCUT2D eigenvalue weighted by Gasteiger charge is -2.29. The molecule has 0 aromatic heterocycles. The second kappa shape index (κ2) is 12.2. The predicted octanol–water partition coefficient (Wildman–Crippen LogP) is 8.19. The molecule has 0 saturated heterocycles. The summed E-state index contributed by atoms with van der Waals surface area (Å²) in [6, 6.07) is 22.8. The first-order chi connectivity index (χ1) is 19.9. The van der Waals surface area contributed by atoms with Gasteiger partial charge in [0.2, 0.25) is 0 Å². The number of benzene rings is 4. The fraction of sp³-hybridized carbons (Fsp3) is 0.235. The van der Waals surface area contributed by atoms with Gasteiger partial charge in [-0.2, -0.15) is 0 Å². The van der Waals surface area contributed by atoms with Gasteiger partial charge in [-0.05, 0) is 73.2 Å². The Bertz CT molecular complexity index is 1610. The topological polar surface area (TPSA) is 71.1 Å². The van der Waals surface area contributed by atoms with E-state index in [0.29, 0.717) is 47.0 Å². The summed E-state index contributed by atoms with van der Waals surface area (Å²) in [7, 11) is 1.46. The van der Waals surface area contributed by atoms with E-state index in [9.17, 15) is 9.59 Å². The Labute approximate surface area is 242 Å². The standard InChI is InChI=1S/C34H33O6P/c1-6-31(26-15-14-23(20-35)18-29(26)37-4)41(39-27-16-13-21(2)17-30(27)38-5)40-28-12-8-11-25-19-24-10-7-9-22(3)32(24)34(36)33(25)28/h7-18,20,31H,6,19H2,1-5H3. The average Bonchev–Trinajstić information content (AvgIpc) is 2.98. The van der Waals surface area contributed by atoms with Crippen LogP contribution in [0.15, 0.2) is 72.8 Å². The van der Waals surface area contributed by atoms with Crippen LogP contribution < -0.4 is 18.5 Å². The zero-order valence-electron chi connectivity index (χ0n) is 23.9. The molecule has 0 heterocycles. The Morgan fingerprint density at radius 3 is 2.22 bits per heavy atom. The van der Waals surface area contributed by atoms with Gasteiger partial charge < -0.3 is 18.5 Å². The van der Waals surface area contributed by atoms with Crippen molar-refractivity contribution in [2.45, 2.75) is 39.3 Å². The van der Waals surface area contributed by atoms with Crippen LogP contribution >= 0.6 is 8.38 Å². The predicted molar refractivity (Wildman–Crippen MR) is 161 cm³/mol. The molecule has 4 aromatic rings. The molecule has 0 fully saturated rings. The normalized spacial score (nSPS) is 13.4. The summed E-state index contributed by atoms with van der Waals surface area (Å²) in [5, 5.41) is 0. The molecule has 7 heteroatoms. The van der Waals surface area contributed by atoms with Crippen molar-refractivity contribution in [2.75, 3.05) is 14.2 Å². The molecule has 0 aliphatic heterocycles. The van der Waals surface area contributed by atoms with Crippen LogP contribution in [-0.4, -0.2) is 26.3 Å². The molecule has 0 amide bonds. The van der Waals surface area contributed by atoms with Crippen molar-refractivity contribution in [1.82, 2.24) is 0 Å². The Hall–Kier alpha value is -4.15. The maximum absolute atomic E-state index is 13.9. The Kier molecular flexibility index (Phi) is 8.41. The highest BCUT2D eigenvalue weighted by atomic mass is 31.2. The molecule has 0 bridgehead atoms. The quantitative estimate of drug-likeness (QED) is 0.125. The van der Waals surface area contributed by atoms with Gasteiger partial charge in [-0.1, -0.05) is 55.5 Å². The minimum atomic E-state index is -1.73. The monoisotopic (exact) mass is 568 g/mol. The number of aldehydes is 1. The van der Waals surface area contributed by atoms with E-state index < -0.39 is 8.38 Å². The molecule has 210 valence electrons. The van der Waals surface area contributed by atoms with Crippen LogP contribution in [0, 0.1) is 13.8 Å². The molecule has 0 saturated carbocycles. The van der Waals surface area contributed by atoms with E-state index in [2.05, 4.69) is 6.92 Å². The largest absolute Gasteiger partial charge is 0.496 e. The number of carbonyl (C=O) groups excluding carboxylic acids is 2. The van der Waals surface area contributed by atoms with Crippen molar-refractivity contribution in [2.24, 2.45) is 0 Å². The molecule has 5 rings (SSSR count). The molecule has 0 N–H and O–H groups in total. The van der Waals surface area contributed by atoms with Crippen LogP contribution in [0.5, 0.6) is 23.0 Å². The van der Waals surface area contributed by atoms with Gasteiger partial charge in [0, 0.05) is 16.7 Å². The van der Waals surface area contributed by atoms with Crippen molar-refractivity contribution in [1.29, 1.82) is 0 Å². The lowest BCUT2D eigenvalue weighted by Crippen LogP contribution is -2.18. The van der Waals surface area contributed by atoms with Gasteiger partial charge >= 0.3 is 0 Å². The van der Waals surface area contributed by atoms with E-state index >= 15 is 0 Å². The van der Waals surface area contributed by atoms with Gasteiger partial charge in [0.15, 0.2) is 17.3 Å². The number of ether oxygens (including phenoxy) is 2. The summed E-state index contributed by atoms with van der Waals surface area (Å²) < 4.78 is 24.8. The van der Waals surface area contributed by atoms with Crippen molar-refractivity contribution in [3.8, 4) is 23.0 Å². The third-order valence-electron chi connectivity index (χ3n) is 7.40. The first kappa shape index (κ1) is 28.4. The molecular weight excluding hydrogens is 535 g/mol. The summed E-state index contributed by atoms with van der Waals surface area (Å²) in [5.74, 6) is 2.16. The summed E-state index contributed by atoms with van der Waals surface area (Å²) in [6.45, 7) is 6.01. The molecule has 0 spiro atoms. The SMILES string of the molecule is CCC(c1ccc(C=O)cc1OC)P(Oc1ccc(C)cc1OC)Oc1cccc2c1C(=O)c1c(C)cccc1C2. The van der Waals surface area contributed by atoms with E-state index in [1.165, 1.54) is 0 Å². The molecule has 2 unspecified atom stereocenters. The molecule has 1 aliphatic carbocycles. The number of ketones is 1. The minimum absolute atomic E-state index is 0.0428. The van der Waals surface area contributed by atoms with Crippen molar-refractivity contribution < 1.29 is 28.1 Å². The Morgan fingerprint density at radius 1 is 0.805 bits per heavy atom. The number of hydrogen-bond donors (Lipinski definition) is 0. The maximum Gasteiger partial charge on any atom is 0.298 e. The van der Waals surface area contributed by atoms with Gasteiger partial charge in [0.1, 0.15) is 17.8 Å². The third kappa shape index (κ3) is 5.57. The zero-order chi connectivity index (χ0) is 29.1. The molecule has 0 radical (unpaired) electrons. The summed E-state index contributed by atoms with van der Waals surface area (Å²) in [6.07, 6.45) is 2.10. The van der Waals surface area contributed by atoms with Gasteiger partial charge in [-0.3, -0.25) is 9.59 Å².